The van der Waals surface area contributed by atoms with Gasteiger partial charge in [0.25, 0.3) is 21.6 Å². The average Bonchev–Trinajstić information content (AvgIpc) is 3.31. The Morgan fingerprint density at radius 3 is 2.54 bits per heavy atom. The van der Waals surface area contributed by atoms with Crippen LogP contribution < -0.4 is 10.0 Å². The molecule has 0 aromatic heterocycles. The standard InChI is InChI=1S/C24H21N3O7S/c28-23(25-18-12-11-16-5-3-6-17(16)13-18)15-34-24(29)21-9-1-2-10-22(21)26-35(32,33)20-8-4-7-19(14-20)27(30)31/h1-2,4,7-14,26H,3,5-6,15H2,(H,25,28). The van der Waals surface area contributed by atoms with Crippen LogP contribution in [0.2, 0.25) is 0 Å². The van der Waals surface area contributed by atoms with Crippen molar-refractivity contribution < 1.29 is 27.7 Å². The number of amides is 1. The summed E-state index contributed by atoms with van der Waals surface area (Å²) in [5, 5.41) is 13.7. The first kappa shape index (κ1) is 23.9. The lowest BCUT2D eigenvalue weighted by Gasteiger charge is -2.12. The monoisotopic (exact) mass is 495 g/mol. The summed E-state index contributed by atoms with van der Waals surface area (Å²) >= 11 is 0. The number of nitrogens with zero attached hydrogens (tertiary/aromatic N) is 1. The zero-order valence-electron chi connectivity index (χ0n) is 18.4. The highest BCUT2D eigenvalue weighted by Crippen LogP contribution is 2.25. The van der Waals surface area contributed by atoms with E-state index in [0.29, 0.717) is 5.69 Å². The molecule has 1 amide bonds. The van der Waals surface area contributed by atoms with E-state index in [1.54, 1.807) is 6.07 Å². The lowest BCUT2D eigenvalue weighted by molar-refractivity contribution is -0.385. The normalized spacial score (nSPS) is 12.5. The maximum absolute atomic E-state index is 12.8. The number of benzene rings is 3. The molecule has 0 atom stereocenters. The molecule has 0 fully saturated rings. The second kappa shape index (κ2) is 9.94. The predicted octanol–water partition coefficient (Wildman–Crippen LogP) is 3.68. The Morgan fingerprint density at radius 1 is 0.971 bits per heavy atom. The van der Waals surface area contributed by atoms with Crippen molar-refractivity contribution in [3.05, 3.63) is 93.5 Å². The van der Waals surface area contributed by atoms with E-state index >= 15 is 0 Å². The van der Waals surface area contributed by atoms with Crippen LogP contribution in [0.4, 0.5) is 17.1 Å². The molecule has 3 aromatic carbocycles. The van der Waals surface area contributed by atoms with Gasteiger partial charge in [0.2, 0.25) is 0 Å². The van der Waals surface area contributed by atoms with Gasteiger partial charge in [-0.2, -0.15) is 0 Å². The van der Waals surface area contributed by atoms with Gasteiger partial charge in [-0.3, -0.25) is 19.6 Å². The Balaban J connectivity index is 1.42. The van der Waals surface area contributed by atoms with Gasteiger partial charge >= 0.3 is 5.97 Å². The summed E-state index contributed by atoms with van der Waals surface area (Å²) in [6, 6.07) is 15.9. The van der Waals surface area contributed by atoms with Gasteiger partial charge in [-0.15, -0.1) is 0 Å². The number of esters is 1. The van der Waals surface area contributed by atoms with Crippen LogP contribution in [0.5, 0.6) is 0 Å². The molecule has 35 heavy (non-hydrogen) atoms. The van der Waals surface area contributed by atoms with Gasteiger partial charge in [-0.25, -0.2) is 13.2 Å². The summed E-state index contributed by atoms with van der Waals surface area (Å²) in [5.74, 6) is -1.45. The second-order valence-corrected chi connectivity index (χ2v) is 9.55. The number of hydrogen-bond acceptors (Lipinski definition) is 7. The van der Waals surface area contributed by atoms with Gasteiger partial charge in [0.1, 0.15) is 0 Å². The molecule has 0 saturated carbocycles. The molecule has 0 saturated heterocycles. The molecule has 4 rings (SSSR count). The number of hydrogen-bond donors (Lipinski definition) is 2. The number of aryl methyl sites for hydroxylation is 2. The zero-order valence-corrected chi connectivity index (χ0v) is 19.2. The highest BCUT2D eigenvalue weighted by Gasteiger charge is 2.22. The van der Waals surface area contributed by atoms with Crippen LogP contribution in [0.25, 0.3) is 0 Å². The van der Waals surface area contributed by atoms with Crippen LogP contribution in [-0.4, -0.2) is 31.8 Å². The Bertz CT molecular complexity index is 1420. The van der Waals surface area contributed by atoms with Crippen LogP contribution in [0.15, 0.2) is 71.6 Å². The van der Waals surface area contributed by atoms with Crippen molar-refractivity contribution >= 4 is 39.0 Å². The molecule has 3 aromatic rings. The molecular weight excluding hydrogens is 474 g/mol. The van der Waals surface area contributed by atoms with Crippen molar-refractivity contribution in [2.75, 3.05) is 16.6 Å². The van der Waals surface area contributed by atoms with E-state index in [2.05, 4.69) is 10.0 Å². The van der Waals surface area contributed by atoms with E-state index in [1.807, 2.05) is 12.1 Å². The van der Waals surface area contributed by atoms with Crippen molar-refractivity contribution in [3.8, 4) is 0 Å². The first-order chi connectivity index (χ1) is 16.7. The number of carbonyl (C=O) groups is 2. The van der Waals surface area contributed by atoms with E-state index in [-0.39, 0.29) is 16.1 Å². The van der Waals surface area contributed by atoms with Gasteiger partial charge < -0.3 is 10.1 Å². The first-order valence-corrected chi connectivity index (χ1v) is 12.2. The van der Waals surface area contributed by atoms with Crippen LogP contribution in [0.3, 0.4) is 0 Å². The van der Waals surface area contributed by atoms with Gasteiger partial charge in [0.05, 0.1) is 21.1 Å². The molecule has 11 heteroatoms. The summed E-state index contributed by atoms with van der Waals surface area (Å²) in [7, 11) is -4.24. The summed E-state index contributed by atoms with van der Waals surface area (Å²) in [4.78, 5) is 34.8. The average molecular weight is 496 g/mol. The molecule has 0 bridgehead atoms. The van der Waals surface area contributed by atoms with E-state index in [4.69, 9.17) is 4.74 Å². The smallest absolute Gasteiger partial charge is 0.340 e. The second-order valence-electron chi connectivity index (χ2n) is 7.87. The minimum absolute atomic E-state index is 0.0944. The van der Waals surface area contributed by atoms with Gasteiger partial charge in [-0.1, -0.05) is 24.3 Å². The Kier molecular flexibility index (Phi) is 6.78. The van der Waals surface area contributed by atoms with Crippen molar-refractivity contribution in [3.63, 3.8) is 0 Å². The van der Waals surface area contributed by atoms with Crippen molar-refractivity contribution in [2.45, 2.75) is 24.2 Å². The quantitative estimate of drug-likeness (QED) is 0.275. The largest absolute Gasteiger partial charge is 0.452 e. The molecule has 0 aliphatic heterocycles. The number of fused-ring (bicyclic) bond motifs is 1. The minimum Gasteiger partial charge on any atom is -0.452 e. The molecule has 10 nitrogen and oxygen atoms in total. The van der Waals surface area contributed by atoms with Gasteiger partial charge in [-0.05, 0) is 60.7 Å². The molecule has 2 N–H and O–H groups in total. The molecule has 1 aliphatic rings. The van der Waals surface area contributed by atoms with Crippen molar-refractivity contribution in [1.29, 1.82) is 0 Å². The van der Waals surface area contributed by atoms with Gasteiger partial charge in [0.15, 0.2) is 6.61 Å². The number of carbonyl (C=O) groups excluding carboxylic acids is 2. The molecule has 0 unspecified atom stereocenters. The predicted molar refractivity (Wildman–Crippen MR) is 128 cm³/mol. The van der Waals surface area contributed by atoms with Gasteiger partial charge in [0, 0.05) is 17.8 Å². The lowest BCUT2D eigenvalue weighted by Crippen LogP contribution is -2.22. The number of para-hydroxylation sites is 1. The number of rotatable bonds is 8. The Morgan fingerprint density at radius 2 is 1.74 bits per heavy atom. The fraction of sp³-hybridized carbons (Fsp3) is 0.167. The summed E-state index contributed by atoms with van der Waals surface area (Å²) in [6.07, 6.45) is 3.05. The fourth-order valence-electron chi connectivity index (χ4n) is 3.77. The van der Waals surface area contributed by atoms with Crippen LogP contribution in [0, 0.1) is 10.1 Å². The molecular formula is C24H21N3O7S. The third-order valence-electron chi connectivity index (χ3n) is 5.45. The molecule has 0 spiro atoms. The third-order valence-corrected chi connectivity index (χ3v) is 6.81. The zero-order chi connectivity index (χ0) is 25.0. The summed E-state index contributed by atoms with van der Waals surface area (Å²) in [5.41, 5.74) is 2.45. The van der Waals surface area contributed by atoms with E-state index in [9.17, 15) is 28.1 Å². The molecule has 180 valence electrons. The van der Waals surface area contributed by atoms with Crippen LogP contribution in [0.1, 0.15) is 27.9 Å². The number of anilines is 2. The maximum Gasteiger partial charge on any atom is 0.340 e. The molecule has 0 radical (unpaired) electrons. The molecule has 0 heterocycles. The van der Waals surface area contributed by atoms with Crippen molar-refractivity contribution in [2.24, 2.45) is 0 Å². The highest BCUT2D eigenvalue weighted by atomic mass is 32.2. The Hall–Kier alpha value is -4.25. The van der Waals surface area contributed by atoms with Crippen LogP contribution >= 0.6 is 0 Å². The molecule has 1 aliphatic carbocycles. The third kappa shape index (κ3) is 5.64. The minimum atomic E-state index is -4.24. The lowest BCUT2D eigenvalue weighted by atomic mass is 10.1. The number of sulfonamides is 1. The number of nitro benzene ring substituents is 1. The fourth-order valence-corrected chi connectivity index (χ4v) is 4.89. The summed E-state index contributed by atoms with van der Waals surface area (Å²) < 4.78 is 32.8. The number of non-ortho nitro benzene ring substituents is 1. The summed E-state index contributed by atoms with van der Waals surface area (Å²) in [6.45, 7) is -0.568. The topological polar surface area (TPSA) is 145 Å². The first-order valence-electron chi connectivity index (χ1n) is 10.7. The Labute approximate surface area is 201 Å². The number of nitro groups is 1. The van der Waals surface area contributed by atoms with E-state index in [0.717, 1.165) is 31.4 Å². The van der Waals surface area contributed by atoms with E-state index < -0.39 is 39.1 Å². The maximum atomic E-state index is 12.8. The van der Waals surface area contributed by atoms with Crippen molar-refractivity contribution in [1.82, 2.24) is 0 Å². The van der Waals surface area contributed by atoms with Crippen LogP contribution in [-0.2, 0) is 32.4 Å². The highest BCUT2D eigenvalue weighted by molar-refractivity contribution is 7.92. The number of nitrogens with one attached hydrogen (secondary N) is 2. The van der Waals surface area contributed by atoms with E-state index in [1.165, 1.54) is 47.5 Å². The number of ether oxygens (including phenoxy) is 1. The SMILES string of the molecule is O=C(COC(=O)c1ccccc1NS(=O)(=O)c1cccc([N+](=O)[O-])c1)Nc1ccc2c(c1)CCC2.